The van der Waals surface area contributed by atoms with Crippen LogP contribution in [0.4, 0.5) is 0 Å². The number of thioether (sulfide) groups is 1. The van der Waals surface area contributed by atoms with Crippen LogP contribution < -0.4 is 16.4 Å². The molecule has 0 aromatic heterocycles. The highest BCUT2D eigenvalue weighted by Gasteiger charge is 2.27. The number of carboxylic acids is 1. The molecule has 6 N–H and O–H groups in total. The normalized spacial score (nSPS) is 14.9. The lowest BCUT2D eigenvalue weighted by atomic mass is 10.0. The second-order valence-electron chi connectivity index (χ2n) is 5.66. The van der Waals surface area contributed by atoms with Crippen molar-refractivity contribution in [2.45, 2.75) is 44.8 Å². The van der Waals surface area contributed by atoms with Crippen molar-refractivity contribution in [3.63, 3.8) is 0 Å². The molecule has 23 heavy (non-hydrogen) atoms. The summed E-state index contributed by atoms with van der Waals surface area (Å²) in [7, 11) is 0. The summed E-state index contributed by atoms with van der Waals surface area (Å²) in [6.07, 6.45) is 2.52. The lowest BCUT2D eigenvalue weighted by Gasteiger charge is -2.22. The average molecular weight is 349 g/mol. The van der Waals surface area contributed by atoms with Crippen LogP contribution in [0.15, 0.2) is 0 Å². The standard InChI is InChI=1S/C14H27N3O5S/c1-8(2)6-9(15)12(19)17-11(7-18)13(20)16-10(14(21)22)4-5-23-3/h8-11,18H,4-7,15H2,1-3H3,(H,16,20)(H,17,19)(H,21,22). The van der Waals surface area contributed by atoms with Gasteiger partial charge in [0.05, 0.1) is 12.6 Å². The Balaban J connectivity index is 4.66. The van der Waals surface area contributed by atoms with Crippen LogP contribution in [0, 0.1) is 5.92 Å². The zero-order chi connectivity index (χ0) is 18.0. The van der Waals surface area contributed by atoms with E-state index in [2.05, 4.69) is 10.6 Å². The molecule has 0 saturated carbocycles. The molecule has 9 heteroatoms. The fourth-order valence-electron chi connectivity index (χ4n) is 1.85. The van der Waals surface area contributed by atoms with Crippen molar-refractivity contribution in [1.82, 2.24) is 10.6 Å². The number of carbonyl (C=O) groups excluding carboxylic acids is 2. The maximum Gasteiger partial charge on any atom is 0.326 e. The number of aliphatic hydroxyl groups is 1. The zero-order valence-electron chi connectivity index (χ0n) is 13.7. The first-order valence-corrected chi connectivity index (χ1v) is 8.81. The first kappa shape index (κ1) is 21.7. The number of aliphatic hydroxyl groups excluding tert-OH is 1. The molecule has 0 aliphatic heterocycles. The number of carbonyl (C=O) groups is 3. The Kier molecular flexibility index (Phi) is 10.6. The van der Waals surface area contributed by atoms with Crippen LogP contribution in [0.5, 0.6) is 0 Å². The van der Waals surface area contributed by atoms with Crippen molar-refractivity contribution in [2.75, 3.05) is 18.6 Å². The van der Waals surface area contributed by atoms with Crippen molar-refractivity contribution in [3.05, 3.63) is 0 Å². The molecule has 0 spiro atoms. The van der Waals surface area contributed by atoms with Gasteiger partial charge in [-0.05, 0) is 30.8 Å². The van der Waals surface area contributed by atoms with Crippen LogP contribution in [0.25, 0.3) is 0 Å². The van der Waals surface area contributed by atoms with Crippen molar-refractivity contribution >= 4 is 29.5 Å². The second-order valence-corrected chi connectivity index (χ2v) is 6.65. The van der Waals surface area contributed by atoms with Gasteiger partial charge in [0.15, 0.2) is 0 Å². The summed E-state index contributed by atoms with van der Waals surface area (Å²) in [5.74, 6) is -1.69. The minimum absolute atomic E-state index is 0.208. The van der Waals surface area contributed by atoms with Crippen molar-refractivity contribution < 1.29 is 24.6 Å². The predicted octanol–water partition coefficient (Wildman–Crippen LogP) is -0.841. The number of hydrogen-bond donors (Lipinski definition) is 5. The smallest absolute Gasteiger partial charge is 0.326 e. The molecule has 134 valence electrons. The Bertz CT molecular complexity index is 406. The SMILES string of the molecule is CSCCC(NC(=O)C(CO)NC(=O)C(N)CC(C)C)C(=O)O. The van der Waals surface area contributed by atoms with Crippen molar-refractivity contribution in [3.8, 4) is 0 Å². The van der Waals surface area contributed by atoms with Gasteiger partial charge in [-0.2, -0.15) is 11.8 Å². The quantitative estimate of drug-likeness (QED) is 0.327. The molecule has 0 aliphatic rings. The minimum atomic E-state index is -1.23. The van der Waals surface area contributed by atoms with E-state index in [1.165, 1.54) is 11.8 Å². The van der Waals surface area contributed by atoms with Gasteiger partial charge in [-0.1, -0.05) is 13.8 Å². The molecule has 0 aromatic rings. The molecule has 3 unspecified atom stereocenters. The molecular weight excluding hydrogens is 322 g/mol. The number of amides is 2. The lowest BCUT2D eigenvalue weighted by Crippen LogP contribution is -2.56. The van der Waals surface area contributed by atoms with E-state index in [1.807, 2.05) is 20.1 Å². The maximum atomic E-state index is 12.0. The van der Waals surface area contributed by atoms with Crippen LogP contribution in [-0.4, -0.2) is 64.7 Å². The van der Waals surface area contributed by atoms with Crippen LogP contribution in [0.1, 0.15) is 26.7 Å². The largest absolute Gasteiger partial charge is 0.480 e. The molecule has 0 fully saturated rings. The van der Waals surface area contributed by atoms with E-state index >= 15 is 0 Å². The van der Waals surface area contributed by atoms with Gasteiger partial charge in [0, 0.05) is 0 Å². The fraction of sp³-hybridized carbons (Fsp3) is 0.786. The molecule has 0 heterocycles. The Hall–Kier alpha value is -1.32. The summed E-state index contributed by atoms with van der Waals surface area (Å²) in [6, 6.07) is -3.08. The van der Waals surface area contributed by atoms with E-state index in [9.17, 15) is 19.5 Å². The first-order valence-electron chi connectivity index (χ1n) is 7.41. The predicted molar refractivity (Wildman–Crippen MR) is 89.0 cm³/mol. The number of aliphatic carboxylic acids is 1. The first-order chi connectivity index (χ1) is 10.7. The molecule has 3 atom stereocenters. The summed E-state index contributed by atoms with van der Waals surface area (Å²) in [5, 5.41) is 23.0. The van der Waals surface area contributed by atoms with Crippen molar-refractivity contribution in [2.24, 2.45) is 11.7 Å². The van der Waals surface area contributed by atoms with Crippen LogP contribution >= 0.6 is 11.8 Å². The Morgan fingerprint density at radius 1 is 1.13 bits per heavy atom. The van der Waals surface area contributed by atoms with E-state index in [-0.39, 0.29) is 12.3 Å². The Morgan fingerprint density at radius 2 is 1.70 bits per heavy atom. The molecule has 0 aliphatic carbocycles. The topological polar surface area (TPSA) is 142 Å². The fourth-order valence-corrected chi connectivity index (χ4v) is 2.32. The van der Waals surface area contributed by atoms with Gasteiger partial charge in [0.25, 0.3) is 0 Å². The minimum Gasteiger partial charge on any atom is -0.480 e. The van der Waals surface area contributed by atoms with Gasteiger partial charge in [-0.15, -0.1) is 0 Å². The van der Waals surface area contributed by atoms with Gasteiger partial charge in [-0.25, -0.2) is 4.79 Å². The van der Waals surface area contributed by atoms with E-state index in [4.69, 9.17) is 10.8 Å². The molecule has 0 radical (unpaired) electrons. The van der Waals surface area contributed by atoms with Gasteiger partial charge < -0.3 is 26.6 Å². The van der Waals surface area contributed by atoms with Crippen molar-refractivity contribution in [1.29, 1.82) is 0 Å². The Morgan fingerprint density at radius 3 is 2.13 bits per heavy atom. The van der Waals surface area contributed by atoms with E-state index in [1.54, 1.807) is 0 Å². The zero-order valence-corrected chi connectivity index (χ0v) is 14.6. The number of rotatable bonds is 11. The molecule has 0 rings (SSSR count). The van der Waals surface area contributed by atoms with Gasteiger partial charge >= 0.3 is 5.97 Å². The van der Waals surface area contributed by atoms with Crippen LogP contribution in [-0.2, 0) is 14.4 Å². The third-order valence-electron chi connectivity index (χ3n) is 3.10. The molecular formula is C14H27N3O5S. The summed E-state index contributed by atoms with van der Waals surface area (Å²) in [4.78, 5) is 35.0. The Labute approximate surface area is 140 Å². The lowest BCUT2D eigenvalue weighted by molar-refractivity contribution is -0.142. The molecule has 0 saturated heterocycles. The third-order valence-corrected chi connectivity index (χ3v) is 3.75. The molecule has 2 amide bonds. The molecule has 0 bridgehead atoms. The van der Waals surface area contributed by atoms with Crippen LogP contribution in [0.2, 0.25) is 0 Å². The van der Waals surface area contributed by atoms with Gasteiger partial charge in [-0.3, -0.25) is 9.59 Å². The summed E-state index contributed by atoms with van der Waals surface area (Å²) < 4.78 is 0. The summed E-state index contributed by atoms with van der Waals surface area (Å²) in [6.45, 7) is 3.18. The number of nitrogens with one attached hydrogen (secondary N) is 2. The van der Waals surface area contributed by atoms with Gasteiger partial charge in [0.2, 0.25) is 11.8 Å². The highest BCUT2D eigenvalue weighted by atomic mass is 32.2. The van der Waals surface area contributed by atoms with Crippen LogP contribution in [0.3, 0.4) is 0 Å². The average Bonchev–Trinajstić information content (AvgIpc) is 2.47. The highest BCUT2D eigenvalue weighted by molar-refractivity contribution is 7.98. The molecule has 0 aromatic carbocycles. The van der Waals surface area contributed by atoms with E-state index in [0.29, 0.717) is 12.2 Å². The molecule has 8 nitrogen and oxygen atoms in total. The van der Waals surface area contributed by atoms with E-state index < -0.39 is 42.5 Å². The number of nitrogens with two attached hydrogens (primary N) is 1. The second kappa shape index (κ2) is 11.3. The number of carboxylic acid groups (broad SMARTS) is 1. The monoisotopic (exact) mass is 349 g/mol. The summed E-state index contributed by atoms with van der Waals surface area (Å²) >= 11 is 1.46. The van der Waals surface area contributed by atoms with E-state index in [0.717, 1.165) is 0 Å². The van der Waals surface area contributed by atoms with Gasteiger partial charge in [0.1, 0.15) is 12.1 Å². The maximum absolute atomic E-state index is 12.0. The summed E-state index contributed by atoms with van der Waals surface area (Å²) in [5.41, 5.74) is 5.71. The third kappa shape index (κ3) is 8.77. The number of hydrogen-bond acceptors (Lipinski definition) is 6. The highest BCUT2D eigenvalue weighted by Crippen LogP contribution is 2.04.